The van der Waals surface area contributed by atoms with Gasteiger partial charge in [-0.25, -0.2) is 4.79 Å². The maximum atomic E-state index is 12.1. The van der Waals surface area contributed by atoms with E-state index in [0.29, 0.717) is 12.6 Å². The molecule has 0 spiro atoms. The fourth-order valence-corrected chi connectivity index (χ4v) is 2.65. The highest BCUT2D eigenvalue weighted by Gasteiger charge is 2.21. The average Bonchev–Trinajstić information content (AvgIpc) is 2.48. The van der Waals surface area contributed by atoms with E-state index in [1.165, 1.54) is 0 Å². The highest BCUT2D eigenvalue weighted by molar-refractivity contribution is 5.68. The van der Waals surface area contributed by atoms with Crippen molar-refractivity contribution in [3.05, 3.63) is 29.8 Å². The first-order chi connectivity index (χ1) is 10.8. The van der Waals surface area contributed by atoms with Gasteiger partial charge in [-0.2, -0.15) is 0 Å². The molecular formula is C18H29N3O2. The molecule has 1 amide bonds. The monoisotopic (exact) mass is 319 g/mol. The van der Waals surface area contributed by atoms with Crippen LogP contribution in [-0.2, 0) is 11.3 Å². The second-order valence-corrected chi connectivity index (χ2v) is 7.16. The fraction of sp³-hybridized carbons (Fsp3) is 0.611. The van der Waals surface area contributed by atoms with Gasteiger partial charge in [-0.3, -0.25) is 0 Å². The van der Waals surface area contributed by atoms with Gasteiger partial charge in [0.2, 0.25) is 0 Å². The van der Waals surface area contributed by atoms with E-state index in [1.807, 2.05) is 32.9 Å². The van der Waals surface area contributed by atoms with Gasteiger partial charge in [-0.1, -0.05) is 18.2 Å². The van der Waals surface area contributed by atoms with Crippen LogP contribution in [-0.4, -0.2) is 42.8 Å². The van der Waals surface area contributed by atoms with E-state index in [4.69, 9.17) is 4.74 Å². The summed E-state index contributed by atoms with van der Waals surface area (Å²) < 4.78 is 5.42. The van der Waals surface area contributed by atoms with Crippen LogP contribution < -0.4 is 10.6 Å². The van der Waals surface area contributed by atoms with E-state index in [9.17, 15) is 4.79 Å². The Balaban J connectivity index is 2.00. The molecule has 1 aromatic rings. The van der Waals surface area contributed by atoms with Crippen molar-refractivity contribution in [1.29, 1.82) is 0 Å². The molecule has 1 heterocycles. The predicted molar refractivity (Wildman–Crippen MR) is 93.7 cm³/mol. The fourth-order valence-electron chi connectivity index (χ4n) is 2.65. The molecular weight excluding hydrogens is 290 g/mol. The van der Waals surface area contributed by atoms with Gasteiger partial charge in [0.15, 0.2) is 0 Å². The number of benzene rings is 1. The van der Waals surface area contributed by atoms with Gasteiger partial charge in [-0.05, 0) is 58.3 Å². The zero-order valence-electron chi connectivity index (χ0n) is 14.7. The van der Waals surface area contributed by atoms with E-state index in [0.717, 1.165) is 37.2 Å². The van der Waals surface area contributed by atoms with Gasteiger partial charge in [0.25, 0.3) is 0 Å². The summed E-state index contributed by atoms with van der Waals surface area (Å²) in [6.45, 7) is 8.28. The molecule has 1 fully saturated rings. The van der Waals surface area contributed by atoms with E-state index in [2.05, 4.69) is 22.8 Å². The van der Waals surface area contributed by atoms with Crippen LogP contribution in [0.15, 0.2) is 24.3 Å². The van der Waals surface area contributed by atoms with Crippen LogP contribution in [0.4, 0.5) is 10.5 Å². The SMILES string of the molecule is CN(Cc1ccccc1NC1CCNCC1)C(=O)OC(C)(C)C. The van der Waals surface area contributed by atoms with Gasteiger partial charge < -0.3 is 20.3 Å². The molecule has 1 aliphatic heterocycles. The van der Waals surface area contributed by atoms with Crippen molar-refractivity contribution in [2.75, 3.05) is 25.5 Å². The van der Waals surface area contributed by atoms with Crippen LogP contribution in [0.2, 0.25) is 0 Å². The third kappa shape index (κ3) is 5.75. The Morgan fingerprint density at radius 3 is 2.61 bits per heavy atom. The zero-order valence-corrected chi connectivity index (χ0v) is 14.7. The Hall–Kier alpha value is -1.75. The lowest BCUT2D eigenvalue weighted by Gasteiger charge is -2.28. The van der Waals surface area contributed by atoms with Crippen LogP contribution in [0, 0.1) is 0 Å². The molecule has 0 aromatic heterocycles. The van der Waals surface area contributed by atoms with Gasteiger partial charge in [0, 0.05) is 18.8 Å². The number of ether oxygens (including phenoxy) is 1. The number of amides is 1. The molecule has 5 nitrogen and oxygen atoms in total. The molecule has 0 aliphatic carbocycles. The minimum absolute atomic E-state index is 0.297. The van der Waals surface area contributed by atoms with Crippen LogP contribution in [0.1, 0.15) is 39.2 Å². The number of hydrogen-bond acceptors (Lipinski definition) is 4. The van der Waals surface area contributed by atoms with Crippen molar-refractivity contribution in [1.82, 2.24) is 10.2 Å². The summed E-state index contributed by atoms with van der Waals surface area (Å²) in [5, 5.41) is 7.00. The summed E-state index contributed by atoms with van der Waals surface area (Å²) in [4.78, 5) is 13.8. The van der Waals surface area contributed by atoms with Crippen molar-refractivity contribution in [2.24, 2.45) is 0 Å². The number of anilines is 1. The lowest BCUT2D eigenvalue weighted by atomic mass is 10.0. The maximum absolute atomic E-state index is 12.1. The number of nitrogens with one attached hydrogen (secondary N) is 2. The largest absolute Gasteiger partial charge is 0.444 e. The van der Waals surface area contributed by atoms with Gasteiger partial charge >= 0.3 is 6.09 Å². The minimum Gasteiger partial charge on any atom is -0.444 e. The Bertz CT molecular complexity index is 519. The second kappa shape index (κ2) is 7.68. The first-order valence-corrected chi connectivity index (χ1v) is 8.34. The molecule has 0 atom stereocenters. The topological polar surface area (TPSA) is 53.6 Å². The zero-order chi connectivity index (χ0) is 16.9. The maximum Gasteiger partial charge on any atom is 0.410 e. The van der Waals surface area contributed by atoms with Gasteiger partial charge in [0.1, 0.15) is 5.60 Å². The summed E-state index contributed by atoms with van der Waals surface area (Å²) in [7, 11) is 1.77. The highest BCUT2D eigenvalue weighted by atomic mass is 16.6. The summed E-state index contributed by atoms with van der Waals surface area (Å²) in [5.41, 5.74) is 1.74. The first-order valence-electron chi connectivity index (χ1n) is 8.34. The van der Waals surface area contributed by atoms with Crippen LogP contribution >= 0.6 is 0 Å². The molecule has 0 unspecified atom stereocenters. The minimum atomic E-state index is -0.474. The predicted octanol–water partition coefficient (Wildman–Crippen LogP) is 3.22. The van der Waals surface area contributed by atoms with Crippen molar-refractivity contribution in [3.8, 4) is 0 Å². The quantitative estimate of drug-likeness (QED) is 0.895. The molecule has 0 saturated carbocycles. The molecule has 23 heavy (non-hydrogen) atoms. The van der Waals surface area contributed by atoms with Crippen molar-refractivity contribution in [2.45, 2.75) is 51.8 Å². The normalized spacial score (nSPS) is 16.0. The van der Waals surface area contributed by atoms with Crippen LogP contribution in [0.3, 0.4) is 0 Å². The molecule has 1 aromatic carbocycles. The summed E-state index contributed by atoms with van der Waals surface area (Å²) in [5.74, 6) is 0. The van der Waals surface area contributed by atoms with E-state index in [-0.39, 0.29) is 6.09 Å². The number of rotatable bonds is 4. The number of hydrogen-bond donors (Lipinski definition) is 2. The van der Waals surface area contributed by atoms with Crippen molar-refractivity contribution < 1.29 is 9.53 Å². The molecule has 2 N–H and O–H groups in total. The summed E-state index contributed by atoms with van der Waals surface area (Å²) >= 11 is 0. The van der Waals surface area contributed by atoms with Crippen molar-refractivity contribution in [3.63, 3.8) is 0 Å². The van der Waals surface area contributed by atoms with E-state index < -0.39 is 5.60 Å². The molecule has 0 bridgehead atoms. The van der Waals surface area contributed by atoms with E-state index >= 15 is 0 Å². The highest BCUT2D eigenvalue weighted by Crippen LogP contribution is 2.21. The average molecular weight is 319 g/mol. The molecule has 0 radical (unpaired) electrons. The first kappa shape index (κ1) is 17.6. The Kier molecular flexibility index (Phi) is 5.88. The second-order valence-electron chi connectivity index (χ2n) is 7.16. The Morgan fingerprint density at radius 2 is 1.96 bits per heavy atom. The Labute approximate surface area is 139 Å². The van der Waals surface area contributed by atoms with E-state index in [1.54, 1.807) is 11.9 Å². The molecule has 5 heteroatoms. The number of piperidine rings is 1. The molecule has 128 valence electrons. The number of carbonyl (C=O) groups excluding carboxylic acids is 1. The smallest absolute Gasteiger partial charge is 0.410 e. The van der Waals surface area contributed by atoms with Crippen LogP contribution in [0.25, 0.3) is 0 Å². The summed E-state index contributed by atoms with van der Waals surface area (Å²) in [6, 6.07) is 8.67. The van der Waals surface area contributed by atoms with Crippen molar-refractivity contribution >= 4 is 11.8 Å². The lowest BCUT2D eigenvalue weighted by Crippen LogP contribution is -2.36. The Morgan fingerprint density at radius 1 is 1.30 bits per heavy atom. The van der Waals surface area contributed by atoms with Crippen LogP contribution in [0.5, 0.6) is 0 Å². The van der Waals surface area contributed by atoms with Gasteiger partial charge in [-0.15, -0.1) is 0 Å². The lowest BCUT2D eigenvalue weighted by molar-refractivity contribution is 0.0285. The molecule has 2 rings (SSSR count). The third-order valence-electron chi connectivity index (χ3n) is 3.83. The summed E-state index contributed by atoms with van der Waals surface area (Å²) in [6.07, 6.45) is 1.95. The number of para-hydroxylation sites is 1. The van der Waals surface area contributed by atoms with Gasteiger partial charge in [0.05, 0.1) is 6.54 Å². The molecule has 1 aliphatic rings. The standard InChI is InChI=1S/C18H29N3O2/c1-18(2,3)23-17(22)21(4)13-14-7-5-6-8-16(14)20-15-9-11-19-12-10-15/h5-8,15,19-20H,9-13H2,1-4H3. The number of carbonyl (C=O) groups is 1. The third-order valence-corrected chi connectivity index (χ3v) is 3.83. The number of nitrogens with zero attached hydrogens (tertiary/aromatic N) is 1. The molecule has 1 saturated heterocycles.